The summed E-state index contributed by atoms with van der Waals surface area (Å²) in [6.45, 7) is 4.94. The zero-order chi connectivity index (χ0) is 14.5. The van der Waals surface area contributed by atoms with Crippen LogP contribution in [0.1, 0.15) is 35.9 Å². The summed E-state index contributed by atoms with van der Waals surface area (Å²) in [6.07, 6.45) is 2.27. The molecule has 1 aromatic heterocycles. The molecule has 1 saturated heterocycles. The minimum absolute atomic E-state index is 0.276. The lowest BCUT2D eigenvalue weighted by molar-refractivity contribution is 0.0593. The van der Waals surface area contributed by atoms with E-state index in [2.05, 4.69) is 16.8 Å². The number of rotatable bonds is 4. The first-order valence-electron chi connectivity index (χ1n) is 7.12. The van der Waals surface area contributed by atoms with Crippen molar-refractivity contribution in [1.29, 1.82) is 0 Å². The Bertz CT molecular complexity index is 454. The number of likely N-dealkylation sites (tertiary alicyclic amines) is 1. The normalized spacial score (nSPS) is 18.8. The summed E-state index contributed by atoms with van der Waals surface area (Å²) >= 11 is 0. The molecule has 0 amide bonds. The van der Waals surface area contributed by atoms with E-state index in [1.165, 1.54) is 7.11 Å². The van der Waals surface area contributed by atoms with Crippen LogP contribution in [0.2, 0.25) is 0 Å². The van der Waals surface area contributed by atoms with Crippen molar-refractivity contribution in [3.63, 3.8) is 0 Å². The number of methoxy groups -OCH3 is 1. The Morgan fingerprint density at radius 3 is 2.80 bits per heavy atom. The van der Waals surface area contributed by atoms with Gasteiger partial charge in [-0.1, -0.05) is 6.07 Å². The molecule has 1 aliphatic rings. The van der Waals surface area contributed by atoms with Gasteiger partial charge < -0.3 is 10.5 Å². The molecular weight excluding hydrogens is 254 g/mol. The maximum atomic E-state index is 11.5. The summed E-state index contributed by atoms with van der Waals surface area (Å²) in [4.78, 5) is 18.2. The van der Waals surface area contributed by atoms with E-state index in [1.54, 1.807) is 6.07 Å². The lowest BCUT2D eigenvalue weighted by Gasteiger charge is -2.33. The van der Waals surface area contributed by atoms with Gasteiger partial charge in [0.15, 0.2) is 0 Å². The molecule has 1 fully saturated rings. The highest BCUT2D eigenvalue weighted by molar-refractivity contribution is 5.87. The number of hydrogen-bond acceptors (Lipinski definition) is 5. The molecule has 1 aromatic rings. The first-order chi connectivity index (χ1) is 9.60. The van der Waals surface area contributed by atoms with Crippen molar-refractivity contribution in [2.45, 2.75) is 32.4 Å². The van der Waals surface area contributed by atoms with Crippen LogP contribution in [0.3, 0.4) is 0 Å². The van der Waals surface area contributed by atoms with Crippen LogP contribution in [0.4, 0.5) is 0 Å². The van der Waals surface area contributed by atoms with Crippen molar-refractivity contribution in [2.24, 2.45) is 11.7 Å². The van der Waals surface area contributed by atoms with Crippen molar-refractivity contribution in [3.05, 3.63) is 29.6 Å². The highest BCUT2D eigenvalue weighted by Crippen LogP contribution is 2.20. The molecule has 2 N–H and O–H groups in total. The zero-order valence-electron chi connectivity index (χ0n) is 12.2. The van der Waals surface area contributed by atoms with E-state index in [4.69, 9.17) is 10.5 Å². The molecule has 110 valence electrons. The van der Waals surface area contributed by atoms with Gasteiger partial charge in [0.1, 0.15) is 5.69 Å². The molecule has 0 saturated carbocycles. The maximum Gasteiger partial charge on any atom is 0.356 e. The number of hydrogen-bond donors (Lipinski definition) is 1. The third-order valence-electron chi connectivity index (χ3n) is 3.96. The summed E-state index contributed by atoms with van der Waals surface area (Å²) in [5.41, 5.74) is 7.23. The average Bonchev–Trinajstić information content (AvgIpc) is 2.47. The maximum absolute atomic E-state index is 11.5. The topological polar surface area (TPSA) is 68.5 Å². The number of aromatic nitrogens is 1. The summed E-state index contributed by atoms with van der Waals surface area (Å²) in [5, 5.41) is 0. The Hall–Kier alpha value is -1.46. The SMILES string of the molecule is COC(=O)c1cccc(CN2CCC(C(C)N)CC2)n1. The monoisotopic (exact) mass is 277 g/mol. The van der Waals surface area contributed by atoms with Gasteiger partial charge in [0, 0.05) is 12.6 Å². The molecule has 0 aromatic carbocycles. The van der Waals surface area contributed by atoms with Crippen molar-refractivity contribution >= 4 is 5.97 Å². The van der Waals surface area contributed by atoms with Crippen molar-refractivity contribution in [1.82, 2.24) is 9.88 Å². The Kier molecular flexibility index (Phi) is 5.09. The van der Waals surface area contributed by atoms with Gasteiger partial charge in [0.05, 0.1) is 12.8 Å². The largest absolute Gasteiger partial charge is 0.464 e. The number of carbonyl (C=O) groups excluding carboxylic acids is 1. The standard InChI is InChI=1S/C15H23N3O2/c1-11(16)12-6-8-18(9-7-12)10-13-4-3-5-14(17-13)15(19)20-2/h3-5,11-12H,6-10,16H2,1-2H3. The second-order valence-corrected chi connectivity index (χ2v) is 5.48. The van der Waals surface area contributed by atoms with E-state index < -0.39 is 0 Å². The Morgan fingerprint density at radius 1 is 1.50 bits per heavy atom. The number of ether oxygens (including phenoxy) is 1. The van der Waals surface area contributed by atoms with E-state index >= 15 is 0 Å². The van der Waals surface area contributed by atoms with Crippen molar-refractivity contribution in [3.8, 4) is 0 Å². The smallest absolute Gasteiger partial charge is 0.356 e. The molecule has 5 nitrogen and oxygen atoms in total. The van der Waals surface area contributed by atoms with Crippen LogP contribution >= 0.6 is 0 Å². The fraction of sp³-hybridized carbons (Fsp3) is 0.600. The summed E-state index contributed by atoms with van der Waals surface area (Å²) in [7, 11) is 1.37. The number of pyridine rings is 1. The molecule has 0 aliphatic carbocycles. The number of nitrogens with two attached hydrogens (primary N) is 1. The predicted octanol–water partition coefficient (Wildman–Crippen LogP) is 1.43. The first-order valence-corrected chi connectivity index (χ1v) is 7.12. The van der Waals surface area contributed by atoms with Crippen LogP contribution in [0.5, 0.6) is 0 Å². The van der Waals surface area contributed by atoms with Crippen LogP contribution in [-0.2, 0) is 11.3 Å². The van der Waals surface area contributed by atoms with E-state index in [9.17, 15) is 4.79 Å². The second kappa shape index (κ2) is 6.81. The van der Waals surface area contributed by atoms with Gasteiger partial charge in [0.25, 0.3) is 0 Å². The van der Waals surface area contributed by atoms with Gasteiger partial charge in [-0.05, 0) is 50.9 Å². The molecular formula is C15H23N3O2. The van der Waals surface area contributed by atoms with E-state index in [0.717, 1.165) is 38.2 Å². The van der Waals surface area contributed by atoms with Gasteiger partial charge in [-0.25, -0.2) is 9.78 Å². The number of carbonyl (C=O) groups is 1. The van der Waals surface area contributed by atoms with Crippen molar-refractivity contribution < 1.29 is 9.53 Å². The Labute approximate surface area is 120 Å². The lowest BCUT2D eigenvalue weighted by Crippen LogP contribution is -2.39. The molecule has 5 heteroatoms. The van der Waals surface area contributed by atoms with Gasteiger partial charge >= 0.3 is 5.97 Å². The van der Waals surface area contributed by atoms with Crippen LogP contribution in [0, 0.1) is 5.92 Å². The molecule has 0 radical (unpaired) electrons. The van der Waals surface area contributed by atoms with Gasteiger partial charge in [-0.2, -0.15) is 0 Å². The van der Waals surface area contributed by atoms with Crippen molar-refractivity contribution in [2.75, 3.05) is 20.2 Å². The summed E-state index contributed by atoms with van der Waals surface area (Å²) in [6, 6.07) is 5.75. The van der Waals surface area contributed by atoms with Gasteiger partial charge in [-0.15, -0.1) is 0 Å². The Morgan fingerprint density at radius 2 is 2.20 bits per heavy atom. The number of nitrogens with zero attached hydrogens (tertiary/aromatic N) is 2. The van der Waals surface area contributed by atoms with Crippen LogP contribution in [-0.4, -0.2) is 42.1 Å². The quantitative estimate of drug-likeness (QED) is 0.843. The average molecular weight is 277 g/mol. The number of esters is 1. The summed E-state index contributed by atoms with van der Waals surface area (Å²) in [5.74, 6) is 0.239. The van der Waals surface area contributed by atoms with Crippen LogP contribution in [0.25, 0.3) is 0 Å². The predicted molar refractivity (Wildman–Crippen MR) is 77.2 cm³/mol. The molecule has 1 atom stereocenters. The van der Waals surface area contributed by atoms with E-state index in [-0.39, 0.29) is 12.0 Å². The number of piperidine rings is 1. The fourth-order valence-electron chi connectivity index (χ4n) is 2.65. The second-order valence-electron chi connectivity index (χ2n) is 5.48. The third kappa shape index (κ3) is 3.77. The fourth-order valence-corrected chi connectivity index (χ4v) is 2.65. The van der Waals surface area contributed by atoms with Gasteiger partial charge in [-0.3, -0.25) is 4.90 Å². The molecule has 20 heavy (non-hydrogen) atoms. The lowest BCUT2D eigenvalue weighted by atomic mass is 9.91. The highest BCUT2D eigenvalue weighted by atomic mass is 16.5. The van der Waals surface area contributed by atoms with Gasteiger partial charge in [0.2, 0.25) is 0 Å². The molecule has 2 rings (SSSR count). The highest BCUT2D eigenvalue weighted by Gasteiger charge is 2.22. The van der Waals surface area contributed by atoms with Crippen LogP contribution in [0.15, 0.2) is 18.2 Å². The van der Waals surface area contributed by atoms with Crippen LogP contribution < -0.4 is 5.73 Å². The molecule has 2 heterocycles. The minimum Gasteiger partial charge on any atom is -0.464 e. The van der Waals surface area contributed by atoms with E-state index in [1.807, 2.05) is 12.1 Å². The third-order valence-corrected chi connectivity index (χ3v) is 3.96. The minimum atomic E-state index is -0.387. The molecule has 1 aliphatic heterocycles. The molecule has 0 bridgehead atoms. The molecule has 0 spiro atoms. The van der Waals surface area contributed by atoms with E-state index in [0.29, 0.717) is 11.6 Å². The molecule has 1 unspecified atom stereocenters. The summed E-state index contributed by atoms with van der Waals surface area (Å²) < 4.78 is 4.69. The first kappa shape index (κ1) is 14.9. The Balaban J connectivity index is 1.93. The zero-order valence-corrected chi connectivity index (χ0v) is 12.2.